The minimum Gasteiger partial charge on any atom is -0.301 e. The maximum Gasteiger partial charge on any atom is 0.251 e. The van der Waals surface area contributed by atoms with Crippen LogP contribution in [0.1, 0.15) is 19.2 Å². The van der Waals surface area contributed by atoms with Crippen molar-refractivity contribution in [3.05, 3.63) is 5.82 Å². The zero-order chi connectivity index (χ0) is 10.8. The Bertz CT molecular complexity index is 335. The van der Waals surface area contributed by atoms with Crippen LogP contribution in [0.15, 0.2) is 0 Å². The Morgan fingerprint density at radius 2 is 2.21 bits per heavy atom. The number of hydrogen-bond acceptors (Lipinski definition) is 4. The molecule has 0 atom stereocenters. The lowest BCUT2D eigenvalue weighted by molar-refractivity contribution is -0.115. The van der Waals surface area contributed by atoms with Crippen LogP contribution >= 0.6 is 46.3 Å². The van der Waals surface area contributed by atoms with E-state index in [4.69, 9.17) is 34.8 Å². The highest BCUT2D eigenvalue weighted by Gasteiger charge is 2.28. The molecule has 0 aliphatic rings. The number of aromatic nitrogens is 2. The first kappa shape index (κ1) is 12.0. The number of amides is 1. The maximum atomic E-state index is 11.0. The van der Waals surface area contributed by atoms with Gasteiger partial charge in [0.15, 0.2) is 5.82 Å². The van der Waals surface area contributed by atoms with Gasteiger partial charge < -0.3 is 5.32 Å². The van der Waals surface area contributed by atoms with E-state index in [1.54, 1.807) is 6.92 Å². The normalized spacial score (nSPS) is 11.4. The average Bonchev–Trinajstić information content (AvgIpc) is 2.51. The van der Waals surface area contributed by atoms with Gasteiger partial charge in [-0.25, -0.2) is 0 Å². The molecule has 0 radical (unpaired) electrons. The molecule has 1 N–H and O–H groups in total. The molecule has 0 unspecified atom stereocenters. The summed E-state index contributed by atoms with van der Waals surface area (Å²) in [6.45, 7) is 1.73. The molecular formula is C6H6Cl3N3OS. The summed E-state index contributed by atoms with van der Waals surface area (Å²) in [6.07, 6.45) is 0.364. The Kier molecular flexibility index (Phi) is 3.94. The number of carbonyl (C=O) groups is 1. The molecule has 14 heavy (non-hydrogen) atoms. The second-order valence-electron chi connectivity index (χ2n) is 2.32. The molecule has 0 saturated heterocycles. The first-order valence-corrected chi connectivity index (χ1v) is 5.55. The largest absolute Gasteiger partial charge is 0.301 e. The van der Waals surface area contributed by atoms with Crippen molar-refractivity contribution in [3.8, 4) is 0 Å². The number of hydrogen-bond donors (Lipinski definition) is 1. The molecular weight excluding hydrogens is 269 g/mol. The minimum atomic E-state index is -1.65. The third kappa shape index (κ3) is 3.24. The molecule has 0 aliphatic carbocycles. The fourth-order valence-electron chi connectivity index (χ4n) is 0.597. The first-order valence-electron chi connectivity index (χ1n) is 3.64. The highest BCUT2D eigenvalue weighted by atomic mass is 35.6. The SMILES string of the molecule is CCC(=O)Nc1nc(C(Cl)(Cl)Cl)ns1. The van der Waals surface area contributed by atoms with Gasteiger partial charge >= 0.3 is 0 Å². The van der Waals surface area contributed by atoms with Crippen LogP contribution < -0.4 is 5.32 Å². The van der Waals surface area contributed by atoms with E-state index in [1.807, 2.05) is 0 Å². The Hall–Kier alpha value is -0.100. The van der Waals surface area contributed by atoms with E-state index >= 15 is 0 Å². The van der Waals surface area contributed by atoms with Gasteiger partial charge in [0.1, 0.15) is 0 Å². The quantitative estimate of drug-likeness (QED) is 0.844. The molecule has 0 fully saturated rings. The van der Waals surface area contributed by atoms with Crippen LogP contribution in [-0.2, 0) is 8.59 Å². The van der Waals surface area contributed by atoms with Crippen LogP contribution in [0.2, 0.25) is 0 Å². The first-order chi connectivity index (χ1) is 6.43. The van der Waals surface area contributed by atoms with Gasteiger partial charge in [0, 0.05) is 18.0 Å². The molecule has 78 valence electrons. The summed E-state index contributed by atoms with van der Waals surface area (Å²) in [5.74, 6) is -0.0871. The van der Waals surface area contributed by atoms with E-state index in [0.717, 1.165) is 11.5 Å². The molecule has 1 heterocycles. The van der Waals surface area contributed by atoms with Crippen molar-refractivity contribution in [1.82, 2.24) is 9.36 Å². The lowest BCUT2D eigenvalue weighted by Crippen LogP contribution is -2.10. The number of carbonyl (C=O) groups excluding carboxylic acids is 1. The van der Waals surface area contributed by atoms with E-state index in [9.17, 15) is 4.79 Å². The predicted molar refractivity (Wildman–Crippen MR) is 58.1 cm³/mol. The fourth-order valence-corrected chi connectivity index (χ4v) is 1.64. The van der Waals surface area contributed by atoms with E-state index in [-0.39, 0.29) is 11.7 Å². The molecule has 8 heteroatoms. The van der Waals surface area contributed by atoms with E-state index < -0.39 is 3.79 Å². The fraction of sp³-hybridized carbons (Fsp3) is 0.500. The number of nitrogens with one attached hydrogen (secondary N) is 1. The Labute approximate surface area is 99.7 Å². The zero-order valence-electron chi connectivity index (χ0n) is 7.05. The minimum absolute atomic E-state index is 0.0684. The molecule has 1 rings (SSSR count). The molecule has 0 saturated carbocycles. The van der Waals surface area contributed by atoms with Crippen molar-refractivity contribution < 1.29 is 4.79 Å². The van der Waals surface area contributed by atoms with Crippen molar-refractivity contribution in [2.45, 2.75) is 17.1 Å². The van der Waals surface area contributed by atoms with Crippen LogP contribution in [0.4, 0.5) is 5.13 Å². The number of anilines is 1. The van der Waals surface area contributed by atoms with Crippen LogP contribution in [0.5, 0.6) is 0 Å². The second-order valence-corrected chi connectivity index (χ2v) is 5.36. The van der Waals surface area contributed by atoms with Gasteiger partial charge in [0.05, 0.1) is 0 Å². The lowest BCUT2D eigenvalue weighted by atomic mass is 10.5. The summed E-state index contributed by atoms with van der Waals surface area (Å²) in [5.41, 5.74) is 0. The zero-order valence-corrected chi connectivity index (χ0v) is 10.1. The van der Waals surface area contributed by atoms with Gasteiger partial charge in [0.2, 0.25) is 11.0 Å². The Morgan fingerprint density at radius 1 is 1.57 bits per heavy atom. The smallest absolute Gasteiger partial charge is 0.251 e. The molecule has 0 aromatic carbocycles. The predicted octanol–water partition coefficient (Wildman–Crippen LogP) is 2.71. The maximum absolute atomic E-state index is 11.0. The third-order valence-corrected chi connectivity index (χ3v) is 2.38. The van der Waals surface area contributed by atoms with Gasteiger partial charge in [-0.1, -0.05) is 41.7 Å². The molecule has 1 amide bonds. The summed E-state index contributed by atoms with van der Waals surface area (Å²) in [6, 6.07) is 0. The van der Waals surface area contributed by atoms with Crippen LogP contribution in [0, 0.1) is 0 Å². The Morgan fingerprint density at radius 3 is 2.64 bits per heavy atom. The number of nitrogens with zero attached hydrogens (tertiary/aromatic N) is 2. The summed E-state index contributed by atoms with van der Waals surface area (Å²) in [7, 11) is 0. The van der Waals surface area contributed by atoms with Crippen molar-refractivity contribution in [2.24, 2.45) is 0 Å². The van der Waals surface area contributed by atoms with Crippen LogP contribution in [0.25, 0.3) is 0 Å². The molecule has 0 aliphatic heterocycles. The van der Waals surface area contributed by atoms with E-state index in [2.05, 4.69) is 14.7 Å². The van der Waals surface area contributed by atoms with Gasteiger partial charge in [-0.05, 0) is 0 Å². The summed E-state index contributed by atoms with van der Waals surface area (Å²) >= 11 is 17.6. The van der Waals surface area contributed by atoms with Crippen molar-refractivity contribution in [1.29, 1.82) is 0 Å². The van der Waals surface area contributed by atoms with Crippen LogP contribution in [0.3, 0.4) is 0 Å². The van der Waals surface area contributed by atoms with Crippen LogP contribution in [-0.4, -0.2) is 15.3 Å². The van der Waals surface area contributed by atoms with Crippen molar-refractivity contribution in [2.75, 3.05) is 5.32 Å². The third-order valence-electron chi connectivity index (χ3n) is 1.25. The van der Waals surface area contributed by atoms with Gasteiger partial charge in [-0.3, -0.25) is 4.79 Å². The van der Waals surface area contributed by atoms with Crippen molar-refractivity contribution >= 4 is 57.4 Å². The Balaban J connectivity index is 2.74. The highest BCUT2D eigenvalue weighted by molar-refractivity contribution is 7.10. The second kappa shape index (κ2) is 4.61. The van der Waals surface area contributed by atoms with E-state index in [1.165, 1.54) is 0 Å². The van der Waals surface area contributed by atoms with Gasteiger partial charge in [0.25, 0.3) is 3.79 Å². The molecule has 1 aromatic heterocycles. The highest BCUT2D eigenvalue weighted by Crippen LogP contribution is 2.37. The number of halogens is 3. The molecule has 4 nitrogen and oxygen atoms in total. The summed E-state index contributed by atoms with van der Waals surface area (Å²) < 4.78 is 2.15. The number of alkyl halides is 3. The summed E-state index contributed by atoms with van der Waals surface area (Å²) in [4.78, 5) is 14.8. The summed E-state index contributed by atoms with van der Waals surface area (Å²) in [5, 5.41) is 2.85. The molecule has 1 aromatic rings. The van der Waals surface area contributed by atoms with Gasteiger partial charge in [-0.15, -0.1) is 0 Å². The standard InChI is InChI=1S/C6H6Cl3N3OS/c1-2-3(13)10-5-11-4(12-14-5)6(7,8)9/h2H2,1H3,(H,10,11,12,13). The monoisotopic (exact) mass is 273 g/mol. The lowest BCUT2D eigenvalue weighted by Gasteiger charge is -2.03. The van der Waals surface area contributed by atoms with Crippen molar-refractivity contribution in [3.63, 3.8) is 0 Å². The molecule has 0 bridgehead atoms. The van der Waals surface area contributed by atoms with Gasteiger partial charge in [-0.2, -0.15) is 9.36 Å². The topological polar surface area (TPSA) is 54.9 Å². The number of rotatable bonds is 2. The average molecular weight is 275 g/mol. The molecule has 0 spiro atoms. The van der Waals surface area contributed by atoms with E-state index in [0.29, 0.717) is 11.6 Å².